The Bertz CT molecular complexity index is 338. The highest BCUT2D eigenvalue weighted by molar-refractivity contribution is 7.71. The molecule has 0 amide bonds. The third-order valence-corrected chi connectivity index (χ3v) is 1.78. The Morgan fingerprint density at radius 1 is 1.50 bits per heavy atom. The third kappa shape index (κ3) is 1.45. The van der Waals surface area contributed by atoms with Crippen LogP contribution in [0.1, 0.15) is 13.0 Å². The highest BCUT2D eigenvalue weighted by Gasteiger charge is 2.19. The minimum absolute atomic E-state index is 0.0206. The second-order valence-corrected chi connectivity index (χ2v) is 2.69. The normalized spacial score (nSPS) is 13.7. The third-order valence-electron chi connectivity index (χ3n) is 1.49. The summed E-state index contributed by atoms with van der Waals surface area (Å²) in [5.74, 6) is 0. The second-order valence-electron chi connectivity index (χ2n) is 2.31. The molecule has 0 aliphatic carbocycles. The van der Waals surface area contributed by atoms with E-state index in [0.717, 1.165) is 4.57 Å². The lowest BCUT2D eigenvalue weighted by Crippen LogP contribution is -2.25. The summed E-state index contributed by atoms with van der Waals surface area (Å²) >= 11 is 4.61. The fraction of sp³-hybridized carbons (Fsp3) is 0.600. The zero-order valence-electron chi connectivity index (χ0n) is 6.17. The zero-order valence-corrected chi connectivity index (χ0v) is 6.99. The zero-order chi connectivity index (χ0) is 9.30. The topological polar surface area (TPSA) is 53.6 Å². The van der Waals surface area contributed by atoms with Gasteiger partial charge in [0.15, 0.2) is 4.77 Å². The highest BCUT2D eigenvalue weighted by atomic mass is 32.1. The van der Waals surface area contributed by atoms with Gasteiger partial charge in [0.25, 0.3) is 6.43 Å². The van der Waals surface area contributed by atoms with E-state index >= 15 is 0 Å². The van der Waals surface area contributed by atoms with Crippen molar-refractivity contribution in [1.29, 1.82) is 0 Å². The molecule has 0 spiro atoms. The van der Waals surface area contributed by atoms with Crippen molar-refractivity contribution >= 4 is 12.2 Å². The molecule has 1 unspecified atom stereocenters. The van der Waals surface area contributed by atoms with E-state index in [1.165, 1.54) is 6.92 Å². The number of aromatic nitrogens is 3. The van der Waals surface area contributed by atoms with Crippen molar-refractivity contribution in [3.05, 3.63) is 15.3 Å². The van der Waals surface area contributed by atoms with Gasteiger partial charge in [0.2, 0.25) is 0 Å². The van der Waals surface area contributed by atoms with Crippen LogP contribution in [0.4, 0.5) is 8.78 Å². The van der Waals surface area contributed by atoms with E-state index in [1.807, 2.05) is 0 Å². The lowest BCUT2D eigenvalue weighted by atomic mass is 10.3. The van der Waals surface area contributed by atoms with Crippen LogP contribution in [0.5, 0.6) is 0 Å². The predicted molar refractivity (Wildman–Crippen MR) is 41.0 cm³/mol. The number of nitrogens with zero attached hydrogens (tertiary/aromatic N) is 1. The Hall–Kier alpha value is -0.980. The molecule has 1 heterocycles. The molecule has 1 rings (SSSR count). The molecule has 0 fully saturated rings. The Kier molecular flexibility index (Phi) is 2.41. The Morgan fingerprint density at radius 2 is 2.08 bits per heavy atom. The molecule has 1 aromatic heterocycles. The number of alkyl halides is 2. The van der Waals surface area contributed by atoms with Gasteiger partial charge in [-0.15, -0.1) is 0 Å². The van der Waals surface area contributed by atoms with Crippen LogP contribution in [0, 0.1) is 4.77 Å². The Balaban J connectivity index is 3.18. The van der Waals surface area contributed by atoms with Crippen LogP contribution in [0.15, 0.2) is 4.79 Å². The fourth-order valence-corrected chi connectivity index (χ4v) is 1.10. The van der Waals surface area contributed by atoms with E-state index in [9.17, 15) is 13.6 Å². The number of aromatic amines is 2. The second kappa shape index (κ2) is 3.18. The molecular formula is C5H7F2N3OS. The van der Waals surface area contributed by atoms with Gasteiger partial charge >= 0.3 is 5.69 Å². The van der Waals surface area contributed by atoms with E-state index in [-0.39, 0.29) is 4.77 Å². The first-order chi connectivity index (χ1) is 5.54. The average Bonchev–Trinajstić information content (AvgIpc) is 2.30. The number of halogens is 2. The van der Waals surface area contributed by atoms with Crippen molar-refractivity contribution in [2.75, 3.05) is 0 Å². The van der Waals surface area contributed by atoms with Crippen LogP contribution in [-0.2, 0) is 0 Å². The molecule has 0 saturated carbocycles. The molecule has 0 aliphatic heterocycles. The summed E-state index contributed by atoms with van der Waals surface area (Å²) in [4.78, 5) is 10.9. The number of hydrogen-bond acceptors (Lipinski definition) is 2. The first-order valence-corrected chi connectivity index (χ1v) is 3.62. The van der Waals surface area contributed by atoms with Gasteiger partial charge in [-0.2, -0.15) is 0 Å². The molecule has 7 heteroatoms. The average molecular weight is 195 g/mol. The summed E-state index contributed by atoms with van der Waals surface area (Å²) in [7, 11) is 0. The minimum atomic E-state index is -2.60. The smallest absolute Gasteiger partial charge is 0.272 e. The molecule has 0 bridgehead atoms. The first kappa shape index (κ1) is 9.11. The summed E-state index contributed by atoms with van der Waals surface area (Å²) in [5, 5.41) is 4.40. The van der Waals surface area contributed by atoms with Crippen molar-refractivity contribution in [3.8, 4) is 0 Å². The Labute approximate surface area is 71.2 Å². The van der Waals surface area contributed by atoms with Crippen LogP contribution in [0.25, 0.3) is 0 Å². The van der Waals surface area contributed by atoms with Gasteiger partial charge < -0.3 is 0 Å². The first-order valence-electron chi connectivity index (χ1n) is 3.21. The molecule has 1 atom stereocenters. The van der Waals surface area contributed by atoms with E-state index < -0.39 is 18.2 Å². The summed E-state index contributed by atoms with van der Waals surface area (Å²) in [6.45, 7) is 1.23. The molecule has 0 aliphatic rings. The van der Waals surface area contributed by atoms with Gasteiger partial charge in [0.1, 0.15) is 0 Å². The monoisotopic (exact) mass is 195 g/mol. The van der Waals surface area contributed by atoms with Crippen molar-refractivity contribution < 1.29 is 8.78 Å². The fourth-order valence-electron chi connectivity index (χ4n) is 0.802. The molecule has 0 aromatic carbocycles. The van der Waals surface area contributed by atoms with Gasteiger partial charge in [-0.25, -0.2) is 18.7 Å². The van der Waals surface area contributed by atoms with Gasteiger partial charge in [-0.3, -0.25) is 9.67 Å². The van der Waals surface area contributed by atoms with E-state index in [1.54, 1.807) is 0 Å². The molecule has 4 nitrogen and oxygen atoms in total. The number of rotatable bonds is 2. The van der Waals surface area contributed by atoms with Crippen LogP contribution in [0.3, 0.4) is 0 Å². The summed E-state index contributed by atoms with van der Waals surface area (Å²) in [6.07, 6.45) is -2.60. The summed E-state index contributed by atoms with van der Waals surface area (Å²) in [5.41, 5.74) is -0.646. The van der Waals surface area contributed by atoms with Crippen LogP contribution in [-0.4, -0.2) is 21.2 Å². The Morgan fingerprint density at radius 3 is 2.42 bits per heavy atom. The lowest BCUT2D eigenvalue weighted by Gasteiger charge is -2.08. The largest absolute Gasteiger partial charge is 0.342 e. The highest BCUT2D eigenvalue weighted by Crippen LogP contribution is 2.12. The molecular weight excluding hydrogens is 188 g/mol. The molecule has 68 valence electrons. The van der Waals surface area contributed by atoms with Gasteiger partial charge in [0.05, 0.1) is 6.04 Å². The van der Waals surface area contributed by atoms with Crippen molar-refractivity contribution in [1.82, 2.24) is 14.8 Å². The van der Waals surface area contributed by atoms with Crippen LogP contribution >= 0.6 is 12.2 Å². The number of hydrogen-bond donors (Lipinski definition) is 2. The molecule has 0 radical (unpaired) electrons. The number of H-pyrrole nitrogens is 2. The number of nitrogens with one attached hydrogen (secondary N) is 2. The van der Waals surface area contributed by atoms with Crippen molar-refractivity contribution in [2.45, 2.75) is 19.4 Å². The lowest BCUT2D eigenvalue weighted by molar-refractivity contribution is 0.0891. The maximum absolute atomic E-state index is 12.1. The van der Waals surface area contributed by atoms with Crippen LogP contribution in [0.2, 0.25) is 0 Å². The van der Waals surface area contributed by atoms with E-state index in [2.05, 4.69) is 22.4 Å². The molecule has 2 N–H and O–H groups in total. The minimum Gasteiger partial charge on any atom is -0.272 e. The molecule has 0 saturated heterocycles. The quantitative estimate of drug-likeness (QED) is 0.693. The predicted octanol–water partition coefficient (Wildman–Crippen LogP) is 1.06. The summed E-state index contributed by atoms with van der Waals surface area (Å²) in [6, 6.07) is -1.20. The molecule has 12 heavy (non-hydrogen) atoms. The maximum Gasteiger partial charge on any atom is 0.342 e. The van der Waals surface area contributed by atoms with Crippen molar-refractivity contribution in [3.63, 3.8) is 0 Å². The van der Waals surface area contributed by atoms with Crippen LogP contribution < -0.4 is 5.69 Å². The standard InChI is InChI=1S/C5H7F2N3OS/c1-2(3(6)7)10-4(11)8-9-5(10)12/h2-3H,1H3,(H,8,11)(H,9,12). The summed E-state index contributed by atoms with van der Waals surface area (Å²) < 4.78 is 25.0. The van der Waals surface area contributed by atoms with Crippen molar-refractivity contribution in [2.24, 2.45) is 0 Å². The van der Waals surface area contributed by atoms with E-state index in [0.29, 0.717) is 0 Å². The van der Waals surface area contributed by atoms with Gasteiger partial charge in [-0.1, -0.05) is 0 Å². The maximum atomic E-state index is 12.1. The molecule has 1 aromatic rings. The van der Waals surface area contributed by atoms with Gasteiger partial charge in [0, 0.05) is 0 Å². The SMILES string of the molecule is CC(C(F)F)n1c(=O)[nH][nH]c1=S. The van der Waals surface area contributed by atoms with Gasteiger partial charge in [-0.05, 0) is 19.1 Å². The van der Waals surface area contributed by atoms with E-state index in [4.69, 9.17) is 0 Å².